The number of pyridine rings is 2. The summed E-state index contributed by atoms with van der Waals surface area (Å²) in [6.45, 7) is 2.88. The minimum Gasteiger partial charge on any atom is -0.480 e. The van der Waals surface area contributed by atoms with E-state index in [9.17, 15) is 77.8 Å². The van der Waals surface area contributed by atoms with Crippen LogP contribution in [0.15, 0.2) is 83.4 Å². The predicted octanol–water partition coefficient (Wildman–Crippen LogP) is -4.07. The first-order valence-corrected chi connectivity index (χ1v) is 31.6. The number of aliphatic carboxylic acids is 1. The molecule has 2 saturated heterocycles. The average molecular weight is 1380 g/mol. The largest absolute Gasteiger partial charge is 0.480 e. The Balaban J connectivity index is 1.53. The molecule has 18 N–H and O–H groups in total. The molecule has 0 aliphatic carbocycles. The molecule has 0 radical (unpaired) electrons. The number of likely N-dealkylation sites (tertiary alicyclic amines) is 1. The molecule has 0 spiro atoms. The van der Waals surface area contributed by atoms with Crippen LogP contribution in [0.1, 0.15) is 88.8 Å². The van der Waals surface area contributed by atoms with Crippen molar-refractivity contribution in [3.8, 4) is 0 Å². The van der Waals surface area contributed by atoms with E-state index in [4.69, 9.17) is 28.8 Å². The molecule has 5 rings (SSSR count). The van der Waals surface area contributed by atoms with Crippen LogP contribution in [0.5, 0.6) is 0 Å². The number of azide groups is 1. The Morgan fingerprint density at radius 1 is 0.735 bits per heavy atom. The number of halogens is 1. The van der Waals surface area contributed by atoms with Gasteiger partial charge in [0.05, 0.1) is 13.0 Å². The number of carboxylic acid groups (broad SMARTS) is 1. The van der Waals surface area contributed by atoms with E-state index in [1.807, 2.05) is 0 Å². The standard InChI is InChI=1S/C61H82ClN21O15/c1-32(2)22-40(52(89)74-39(10-6-19-70-61(64)65)59(96)83-21-7-11-47(83)58(95)80-46(28-63)60(97)98)75-54(91)42(24-35-8-4-17-67-29-35)76-51(88)38-16-20-69-50(87)31-71-48(85)26-44(72-33(3)84)56(93)77-41(23-34-12-14-37(62)15-13-34)53(90)78-43(25-36-9-5-18-68-30-36)55(92)79-45(57(94)73-38)27-49(86)81-82-66/h4-5,8-9,12-15,17-18,29-30,32,38-47H,6-7,10-11,16,19-28,31,63H2,1-3H3,(H,69,87)(H,71,85)(H,72,84)(H,73,94)(H,74,89)(H,75,91)(H,76,88)(H,77,93)(H,78,90)(H,79,92)(H,80,95)(H,97,98)(H4,64,65,70)/t38-,39-,40-,41+,42+,43+,44-,45-,46-,47-/m0/s1. The topological polar surface area (TPSA) is 560 Å². The van der Waals surface area contributed by atoms with Crippen LogP contribution >= 0.6 is 11.6 Å². The second-order valence-electron chi connectivity index (χ2n) is 23.5. The Hall–Kier alpha value is -10.9. The fourth-order valence-corrected chi connectivity index (χ4v) is 10.5. The number of nitrogens with zero attached hydrogens (tertiary/aromatic N) is 7. The molecule has 0 saturated carbocycles. The van der Waals surface area contributed by atoms with E-state index in [0.717, 1.165) is 6.92 Å². The number of hydrogen-bond acceptors (Lipinski definition) is 18. The predicted molar refractivity (Wildman–Crippen MR) is 349 cm³/mol. The minimum absolute atomic E-state index is 0.00468. The number of carboxylic acids is 1. The number of aliphatic imine (C=N–C) groups is 1. The summed E-state index contributed by atoms with van der Waals surface area (Å²) in [6, 6.07) is -3.67. The SMILES string of the molecule is CC(=O)N[C@H]1CC(=O)NCC(=O)NCC[C@@H](C(=O)N[C@H](Cc2cccnc2)C(=O)N[C@@H](CC(C)C)C(=O)N[C@@H](CCCN=C(N)N)C(=O)N2CCC[C@H]2C(=O)N[C@@H](CN)C(=O)O)NC(=O)[C@H](CC(=O)N=[N+]=[N-])NC(=O)[C@@H](Cc2cccnc2)NC(=O)[C@@H](Cc2ccc(Cl)cc2)NC1=O. The van der Waals surface area contributed by atoms with Crippen molar-refractivity contribution in [1.29, 1.82) is 0 Å². The van der Waals surface area contributed by atoms with Gasteiger partial charge in [-0.2, -0.15) is 0 Å². The van der Waals surface area contributed by atoms with Crippen LogP contribution in [0, 0.1) is 5.92 Å². The molecule has 1 aromatic carbocycles. The van der Waals surface area contributed by atoms with Crippen LogP contribution in [0.2, 0.25) is 5.02 Å². The Morgan fingerprint density at radius 2 is 1.34 bits per heavy atom. The zero-order chi connectivity index (χ0) is 72.0. The lowest BCUT2D eigenvalue weighted by molar-refractivity contribution is -0.145. The number of nitrogens with one attached hydrogen (secondary N) is 11. The summed E-state index contributed by atoms with van der Waals surface area (Å²) < 4.78 is 0. The molecule has 98 heavy (non-hydrogen) atoms. The van der Waals surface area contributed by atoms with Crippen molar-refractivity contribution < 1.29 is 72.2 Å². The van der Waals surface area contributed by atoms with Gasteiger partial charge in [0.15, 0.2) is 5.96 Å². The van der Waals surface area contributed by atoms with Crippen LogP contribution in [0.3, 0.4) is 0 Å². The van der Waals surface area contributed by atoms with E-state index in [0.29, 0.717) is 28.1 Å². The maximum atomic E-state index is 14.9. The third-order valence-corrected chi connectivity index (χ3v) is 15.5. The molecule has 10 atom stereocenters. The van der Waals surface area contributed by atoms with Gasteiger partial charge in [-0.05, 0) is 96.0 Å². The number of guanidine groups is 1. The summed E-state index contributed by atoms with van der Waals surface area (Å²) in [5.41, 5.74) is 27.0. The summed E-state index contributed by atoms with van der Waals surface area (Å²) in [7, 11) is 0. The molecule has 4 heterocycles. The molecule has 2 fully saturated rings. The Morgan fingerprint density at radius 3 is 1.94 bits per heavy atom. The molecular formula is C61H82ClN21O15. The third kappa shape index (κ3) is 26.0. The fourth-order valence-electron chi connectivity index (χ4n) is 10.4. The van der Waals surface area contributed by atoms with Gasteiger partial charge >= 0.3 is 5.97 Å². The average Bonchev–Trinajstić information content (AvgIpc) is 1.82. The van der Waals surface area contributed by atoms with Crippen molar-refractivity contribution >= 4 is 100 Å². The molecular weight excluding hydrogens is 1300 g/mol. The summed E-state index contributed by atoms with van der Waals surface area (Å²) in [6.07, 6.45) is 2.62. The van der Waals surface area contributed by atoms with Gasteiger partial charge < -0.3 is 85.7 Å². The van der Waals surface area contributed by atoms with Gasteiger partial charge in [-0.25, -0.2) is 4.79 Å². The van der Waals surface area contributed by atoms with Gasteiger partial charge in [0, 0.05) is 93.5 Å². The highest BCUT2D eigenvalue weighted by molar-refractivity contribution is 6.30. The number of carbonyl (C=O) groups excluding carboxylic acids is 13. The van der Waals surface area contributed by atoms with Gasteiger partial charge in [0.2, 0.25) is 76.8 Å². The summed E-state index contributed by atoms with van der Waals surface area (Å²) in [5.74, 6) is -15.0. The van der Waals surface area contributed by atoms with E-state index in [1.165, 1.54) is 54.0 Å². The lowest BCUT2D eigenvalue weighted by Gasteiger charge is -2.31. The molecule has 2 aliphatic rings. The van der Waals surface area contributed by atoms with E-state index >= 15 is 0 Å². The quantitative estimate of drug-likeness (QED) is 0.00908. The Kier molecular flexibility index (Phi) is 31.2. The normalized spacial score (nSPS) is 20.1. The second-order valence-corrected chi connectivity index (χ2v) is 23.9. The first-order chi connectivity index (χ1) is 46.6. The summed E-state index contributed by atoms with van der Waals surface area (Å²) >= 11 is 6.14. The van der Waals surface area contributed by atoms with Crippen LogP contribution in [-0.2, 0) is 86.4 Å². The molecule has 3 aromatic rings. The maximum Gasteiger partial charge on any atom is 0.327 e. The van der Waals surface area contributed by atoms with Gasteiger partial charge in [0.1, 0.15) is 60.4 Å². The zero-order valence-electron chi connectivity index (χ0n) is 54.0. The third-order valence-electron chi connectivity index (χ3n) is 15.3. The minimum atomic E-state index is -2.04. The number of carbonyl (C=O) groups is 14. The lowest BCUT2D eigenvalue weighted by Crippen LogP contribution is -2.61. The molecule has 2 aromatic heterocycles. The molecule has 0 unspecified atom stereocenters. The molecule has 36 nitrogen and oxygen atoms in total. The zero-order valence-corrected chi connectivity index (χ0v) is 54.8. The van der Waals surface area contributed by atoms with Gasteiger partial charge in [0.25, 0.3) is 0 Å². The lowest BCUT2D eigenvalue weighted by atomic mass is 10.00. The second kappa shape index (κ2) is 39.2. The van der Waals surface area contributed by atoms with Crippen molar-refractivity contribution in [2.45, 2.75) is 152 Å². The van der Waals surface area contributed by atoms with Crippen molar-refractivity contribution in [2.75, 3.05) is 32.7 Å². The monoisotopic (exact) mass is 1380 g/mol. The Labute approximate surface area is 567 Å². The van der Waals surface area contributed by atoms with E-state index < -0.39 is 182 Å². The fraction of sp³-hybridized carbons (Fsp3) is 0.492. The number of rotatable bonds is 26. The van der Waals surface area contributed by atoms with Crippen molar-refractivity contribution in [3.05, 3.63) is 105 Å². The van der Waals surface area contributed by atoms with Crippen molar-refractivity contribution in [2.24, 2.45) is 33.2 Å². The Bertz CT molecular complexity index is 3430. The van der Waals surface area contributed by atoms with E-state index in [1.54, 1.807) is 38.1 Å². The number of hydrogen-bond donors (Lipinski definition) is 15. The van der Waals surface area contributed by atoms with Gasteiger partial charge in [-0.3, -0.25) is 77.3 Å². The molecule has 37 heteroatoms. The number of aromatic nitrogens is 2. The number of amides is 13. The van der Waals surface area contributed by atoms with Crippen LogP contribution in [0.4, 0.5) is 0 Å². The summed E-state index contributed by atoms with van der Waals surface area (Å²) in [5, 5.41) is 40.4. The summed E-state index contributed by atoms with van der Waals surface area (Å²) in [4.78, 5) is 211. The van der Waals surface area contributed by atoms with Gasteiger partial charge in [-0.15, -0.1) is 0 Å². The van der Waals surface area contributed by atoms with Crippen molar-refractivity contribution in [1.82, 2.24) is 73.4 Å². The van der Waals surface area contributed by atoms with Gasteiger partial charge in [-0.1, -0.05) is 49.7 Å². The van der Waals surface area contributed by atoms with E-state index in [2.05, 4.69) is 83.5 Å². The van der Waals surface area contributed by atoms with Crippen LogP contribution in [0.25, 0.3) is 10.4 Å². The molecule has 0 bridgehead atoms. The first-order valence-electron chi connectivity index (χ1n) is 31.3. The number of benzene rings is 1. The number of nitrogens with two attached hydrogens (primary N) is 3. The molecule has 13 amide bonds. The van der Waals surface area contributed by atoms with Crippen molar-refractivity contribution in [3.63, 3.8) is 0 Å². The van der Waals surface area contributed by atoms with Crippen LogP contribution < -0.4 is 75.7 Å². The molecule has 2 aliphatic heterocycles. The molecule has 528 valence electrons. The maximum absolute atomic E-state index is 14.9. The smallest absolute Gasteiger partial charge is 0.327 e. The first kappa shape index (κ1) is 77.8. The highest BCUT2D eigenvalue weighted by Gasteiger charge is 2.41. The van der Waals surface area contributed by atoms with Crippen LogP contribution in [-0.4, -0.2) is 202 Å². The highest BCUT2D eigenvalue weighted by Crippen LogP contribution is 2.21. The highest BCUT2D eigenvalue weighted by atomic mass is 35.5. The van der Waals surface area contributed by atoms with E-state index in [-0.39, 0.29) is 69.9 Å².